The fourth-order valence-electron chi connectivity index (χ4n) is 0.964. The highest BCUT2D eigenvalue weighted by Crippen LogP contribution is 2.30. The summed E-state index contributed by atoms with van der Waals surface area (Å²) in [5.41, 5.74) is 0.683. The SMILES string of the molecule is Fc1ccccc1C1CO1. The number of rotatable bonds is 1. The van der Waals surface area contributed by atoms with Crippen LogP contribution in [-0.4, -0.2) is 6.61 Å². The zero-order valence-corrected chi connectivity index (χ0v) is 5.38. The largest absolute Gasteiger partial charge is 0.368 e. The van der Waals surface area contributed by atoms with Gasteiger partial charge in [0.2, 0.25) is 0 Å². The summed E-state index contributed by atoms with van der Waals surface area (Å²) in [5, 5.41) is 0. The first-order valence-corrected chi connectivity index (χ1v) is 3.24. The highest BCUT2D eigenvalue weighted by Gasteiger charge is 2.26. The average molecular weight is 138 g/mol. The Hall–Kier alpha value is -0.890. The third-order valence-corrected chi connectivity index (χ3v) is 1.59. The third kappa shape index (κ3) is 0.907. The Morgan fingerprint density at radius 2 is 2.10 bits per heavy atom. The van der Waals surface area contributed by atoms with Crippen molar-refractivity contribution in [1.29, 1.82) is 0 Å². The molecule has 1 heterocycles. The van der Waals surface area contributed by atoms with Gasteiger partial charge in [-0.05, 0) is 6.07 Å². The normalized spacial score (nSPS) is 22.7. The summed E-state index contributed by atoms with van der Waals surface area (Å²) in [6, 6.07) is 6.71. The van der Waals surface area contributed by atoms with Gasteiger partial charge in [0.15, 0.2) is 0 Å². The molecule has 2 rings (SSSR count). The number of ether oxygens (including phenoxy) is 1. The lowest BCUT2D eigenvalue weighted by Gasteiger charge is -1.94. The average Bonchev–Trinajstić information content (AvgIpc) is 2.71. The summed E-state index contributed by atoms with van der Waals surface area (Å²) in [6.45, 7) is 0.668. The second-order valence-corrected chi connectivity index (χ2v) is 2.34. The third-order valence-electron chi connectivity index (χ3n) is 1.59. The Kier molecular flexibility index (Phi) is 1.21. The van der Waals surface area contributed by atoms with E-state index in [1.54, 1.807) is 12.1 Å². The van der Waals surface area contributed by atoms with Crippen molar-refractivity contribution in [3.05, 3.63) is 35.6 Å². The maximum absolute atomic E-state index is 12.8. The Labute approximate surface area is 58.4 Å². The molecular formula is C8H7FO. The topological polar surface area (TPSA) is 12.5 Å². The summed E-state index contributed by atoms with van der Waals surface area (Å²) < 4.78 is 17.7. The van der Waals surface area contributed by atoms with E-state index in [0.29, 0.717) is 12.2 Å². The van der Waals surface area contributed by atoms with Gasteiger partial charge in [-0.15, -0.1) is 0 Å². The fourth-order valence-corrected chi connectivity index (χ4v) is 0.964. The minimum absolute atomic E-state index is 0.0289. The van der Waals surface area contributed by atoms with Crippen molar-refractivity contribution in [2.24, 2.45) is 0 Å². The van der Waals surface area contributed by atoms with Gasteiger partial charge in [0.25, 0.3) is 0 Å². The number of hydrogen-bond acceptors (Lipinski definition) is 1. The molecule has 1 aromatic carbocycles. The molecule has 1 aromatic rings. The molecule has 0 aliphatic carbocycles. The lowest BCUT2D eigenvalue weighted by Crippen LogP contribution is -1.85. The molecule has 1 aliphatic heterocycles. The second-order valence-electron chi connectivity index (χ2n) is 2.34. The highest BCUT2D eigenvalue weighted by molar-refractivity contribution is 5.22. The van der Waals surface area contributed by atoms with E-state index in [1.165, 1.54) is 6.07 Å². The molecule has 10 heavy (non-hydrogen) atoms. The molecule has 1 saturated heterocycles. The predicted molar refractivity (Wildman–Crippen MR) is 35.1 cm³/mol. The van der Waals surface area contributed by atoms with E-state index in [2.05, 4.69) is 0 Å². The summed E-state index contributed by atoms with van der Waals surface area (Å²) in [6.07, 6.45) is 0.0289. The van der Waals surface area contributed by atoms with E-state index in [9.17, 15) is 4.39 Å². The van der Waals surface area contributed by atoms with Crippen LogP contribution in [-0.2, 0) is 4.74 Å². The van der Waals surface area contributed by atoms with E-state index >= 15 is 0 Å². The minimum Gasteiger partial charge on any atom is -0.368 e. The van der Waals surface area contributed by atoms with Crippen LogP contribution in [0.15, 0.2) is 24.3 Å². The van der Waals surface area contributed by atoms with Gasteiger partial charge < -0.3 is 4.74 Å². The maximum atomic E-state index is 12.8. The molecule has 0 amide bonds. The molecule has 0 radical (unpaired) electrons. The molecule has 1 aliphatic rings. The summed E-state index contributed by atoms with van der Waals surface area (Å²) in [5.74, 6) is -0.162. The minimum atomic E-state index is -0.162. The van der Waals surface area contributed by atoms with E-state index in [-0.39, 0.29) is 11.9 Å². The summed E-state index contributed by atoms with van der Waals surface area (Å²) in [7, 11) is 0. The zero-order valence-electron chi connectivity index (χ0n) is 5.38. The standard InChI is InChI=1S/C8H7FO/c9-7-4-2-1-3-6(7)8-5-10-8/h1-4,8H,5H2. The highest BCUT2D eigenvalue weighted by atomic mass is 19.1. The second kappa shape index (κ2) is 2.06. The van der Waals surface area contributed by atoms with Crippen molar-refractivity contribution in [1.82, 2.24) is 0 Å². The zero-order chi connectivity index (χ0) is 6.97. The van der Waals surface area contributed by atoms with Gasteiger partial charge in [-0.2, -0.15) is 0 Å². The van der Waals surface area contributed by atoms with Crippen molar-refractivity contribution < 1.29 is 9.13 Å². The van der Waals surface area contributed by atoms with E-state index < -0.39 is 0 Å². The molecule has 0 spiro atoms. The van der Waals surface area contributed by atoms with E-state index in [4.69, 9.17) is 4.74 Å². The fraction of sp³-hybridized carbons (Fsp3) is 0.250. The number of halogens is 1. The quantitative estimate of drug-likeness (QED) is 0.540. The first-order valence-electron chi connectivity index (χ1n) is 3.24. The monoisotopic (exact) mass is 138 g/mol. The van der Waals surface area contributed by atoms with Crippen LogP contribution in [0.4, 0.5) is 4.39 Å². The predicted octanol–water partition coefficient (Wildman–Crippen LogP) is 1.90. The van der Waals surface area contributed by atoms with Crippen molar-refractivity contribution in [2.75, 3.05) is 6.61 Å². The maximum Gasteiger partial charge on any atom is 0.129 e. The Morgan fingerprint density at radius 1 is 1.40 bits per heavy atom. The molecule has 1 unspecified atom stereocenters. The number of benzene rings is 1. The van der Waals surface area contributed by atoms with Gasteiger partial charge in [-0.3, -0.25) is 0 Å². The molecule has 0 saturated carbocycles. The molecule has 2 heteroatoms. The molecule has 1 atom stereocenters. The lowest BCUT2D eigenvalue weighted by atomic mass is 10.1. The molecule has 0 aromatic heterocycles. The van der Waals surface area contributed by atoms with Gasteiger partial charge in [0, 0.05) is 5.56 Å². The van der Waals surface area contributed by atoms with Gasteiger partial charge in [-0.25, -0.2) is 4.39 Å². The van der Waals surface area contributed by atoms with Crippen LogP contribution in [0.25, 0.3) is 0 Å². The van der Waals surface area contributed by atoms with Gasteiger partial charge >= 0.3 is 0 Å². The number of hydrogen-bond donors (Lipinski definition) is 0. The lowest BCUT2D eigenvalue weighted by molar-refractivity contribution is 0.408. The van der Waals surface area contributed by atoms with Crippen LogP contribution >= 0.6 is 0 Å². The Morgan fingerprint density at radius 3 is 2.70 bits per heavy atom. The smallest absolute Gasteiger partial charge is 0.129 e. The first-order chi connectivity index (χ1) is 4.88. The molecule has 0 N–H and O–H groups in total. The van der Waals surface area contributed by atoms with Crippen molar-refractivity contribution >= 4 is 0 Å². The van der Waals surface area contributed by atoms with Crippen LogP contribution in [0, 0.1) is 5.82 Å². The summed E-state index contributed by atoms with van der Waals surface area (Å²) >= 11 is 0. The molecule has 1 nitrogen and oxygen atoms in total. The first kappa shape index (κ1) is 5.86. The van der Waals surface area contributed by atoms with Gasteiger partial charge in [0.05, 0.1) is 6.61 Å². The van der Waals surface area contributed by atoms with Gasteiger partial charge in [-0.1, -0.05) is 18.2 Å². The van der Waals surface area contributed by atoms with Crippen LogP contribution in [0.5, 0.6) is 0 Å². The van der Waals surface area contributed by atoms with Gasteiger partial charge in [0.1, 0.15) is 11.9 Å². The summed E-state index contributed by atoms with van der Waals surface area (Å²) in [4.78, 5) is 0. The van der Waals surface area contributed by atoms with Crippen LogP contribution in [0.3, 0.4) is 0 Å². The Bertz CT molecular complexity index is 243. The molecule has 52 valence electrons. The van der Waals surface area contributed by atoms with E-state index in [0.717, 1.165) is 0 Å². The van der Waals surface area contributed by atoms with Crippen molar-refractivity contribution in [3.8, 4) is 0 Å². The molecule has 0 bridgehead atoms. The van der Waals surface area contributed by atoms with Crippen LogP contribution in [0.1, 0.15) is 11.7 Å². The van der Waals surface area contributed by atoms with Crippen LogP contribution < -0.4 is 0 Å². The van der Waals surface area contributed by atoms with Crippen LogP contribution in [0.2, 0.25) is 0 Å². The van der Waals surface area contributed by atoms with Crippen molar-refractivity contribution in [3.63, 3.8) is 0 Å². The van der Waals surface area contributed by atoms with E-state index in [1.807, 2.05) is 6.07 Å². The number of epoxide rings is 1. The van der Waals surface area contributed by atoms with Crippen molar-refractivity contribution in [2.45, 2.75) is 6.10 Å². The molecule has 1 fully saturated rings. The Balaban J connectivity index is 2.39. The molecular weight excluding hydrogens is 131 g/mol.